The van der Waals surface area contributed by atoms with Gasteiger partial charge in [-0.1, -0.05) is 35.3 Å². The molecule has 1 amide bonds. The zero-order chi connectivity index (χ0) is 25.0. The van der Waals surface area contributed by atoms with Gasteiger partial charge in [-0.2, -0.15) is 8.42 Å². The highest BCUT2D eigenvalue weighted by atomic mass is 35.5. The fourth-order valence-corrected chi connectivity index (χ4v) is 5.38. The molecule has 2 aromatic carbocycles. The largest absolute Gasteiger partial charge is 0.493 e. The molecular formula is C23H27Cl2NO7S. The number of amides is 1. The minimum Gasteiger partial charge on any atom is -0.493 e. The topological polar surface area (TPSA) is 102 Å². The summed E-state index contributed by atoms with van der Waals surface area (Å²) >= 11 is 12.7. The lowest BCUT2D eigenvalue weighted by molar-refractivity contribution is 0.0784. The highest BCUT2D eigenvalue weighted by Crippen LogP contribution is 2.42. The fourth-order valence-electron chi connectivity index (χ4n) is 4.40. The Morgan fingerprint density at radius 3 is 2.29 bits per heavy atom. The van der Waals surface area contributed by atoms with Crippen molar-refractivity contribution in [1.29, 1.82) is 0 Å². The van der Waals surface area contributed by atoms with Crippen LogP contribution in [0.1, 0.15) is 34.7 Å². The van der Waals surface area contributed by atoms with Crippen molar-refractivity contribution >= 4 is 39.2 Å². The molecule has 1 aliphatic rings. The summed E-state index contributed by atoms with van der Waals surface area (Å²) in [6, 6.07) is 8.53. The Bertz CT molecular complexity index is 1130. The van der Waals surface area contributed by atoms with Gasteiger partial charge in [-0.25, -0.2) is 0 Å². The third-order valence-electron chi connectivity index (χ3n) is 6.00. The van der Waals surface area contributed by atoms with Crippen LogP contribution in [0.5, 0.6) is 17.2 Å². The monoisotopic (exact) mass is 531 g/mol. The number of nitrogens with zero attached hydrogens (tertiary/aromatic N) is 1. The maximum Gasteiger partial charge on any atom is 0.264 e. The Hall–Kier alpha value is -2.20. The first-order chi connectivity index (χ1) is 16.1. The van der Waals surface area contributed by atoms with E-state index in [-0.39, 0.29) is 29.9 Å². The fraction of sp³-hybridized carbons (Fsp3) is 0.435. The molecule has 1 aliphatic heterocycles. The van der Waals surface area contributed by atoms with E-state index in [1.54, 1.807) is 29.2 Å². The van der Waals surface area contributed by atoms with Gasteiger partial charge in [0.15, 0.2) is 11.5 Å². The molecule has 2 unspecified atom stereocenters. The van der Waals surface area contributed by atoms with Crippen molar-refractivity contribution in [2.45, 2.75) is 18.8 Å². The summed E-state index contributed by atoms with van der Waals surface area (Å²) in [6.45, 7) is 0.751. The van der Waals surface area contributed by atoms with Crippen molar-refractivity contribution in [1.82, 2.24) is 4.90 Å². The number of ether oxygens (including phenoxy) is 3. The van der Waals surface area contributed by atoms with Crippen molar-refractivity contribution in [3.63, 3.8) is 0 Å². The predicted octanol–water partition coefficient (Wildman–Crippen LogP) is 4.54. The van der Waals surface area contributed by atoms with E-state index >= 15 is 0 Å². The highest BCUT2D eigenvalue weighted by Gasteiger charge is 2.38. The Labute approximate surface area is 209 Å². The van der Waals surface area contributed by atoms with E-state index in [9.17, 15) is 13.2 Å². The Morgan fingerprint density at radius 1 is 1.09 bits per heavy atom. The van der Waals surface area contributed by atoms with Crippen molar-refractivity contribution in [3.8, 4) is 17.2 Å². The van der Waals surface area contributed by atoms with Crippen molar-refractivity contribution in [2.24, 2.45) is 5.92 Å². The third kappa shape index (κ3) is 5.89. The molecule has 0 bridgehead atoms. The first-order valence-corrected chi connectivity index (χ1v) is 12.9. The lowest BCUT2D eigenvalue weighted by atomic mass is 9.86. The number of carbonyl (C=O) groups is 1. The van der Waals surface area contributed by atoms with Crippen LogP contribution in [0.25, 0.3) is 0 Å². The zero-order valence-electron chi connectivity index (χ0n) is 19.1. The van der Waals surface area contributed by atoms with Crippen molar-refractivity contribution < 1.29 is 32.0 Å². The molecule has 8 nitrogen and oxygen atoms in total. The van der Waals surface area contributed by atoms with Gasteiger partial charge in [-0.15, -0.1) is 0 Å². The van der Waals surface area contributed by atoms with Gasteiger partial charge in [0.05, 0.1) is 37.1 Å². The average molecular weight is 532 g/mol. The average Bonchev–Trinajstić information content (AvgIpc) is 3.22. The van der Waals surface area contributed by atoms with Gasteiger partial charge in [-0.05, 0) is 42.5 Å². The van der Waals surface area contributed by atoms with Crippen LogP contribution in [-0.4, -0.2) is 63.9 Å². The minimum atomic E-state index is -4.08. The molecule has 34 heavy (non-hydrogen) atoms. The summed E-state index contributed by atoms with van der Waals surface area (Å²) < 4.78 is 47.6. The van der Waals surface area contributed by atoms with Gasteiger partial charge in [0, 0.05) is 24.6 Å². The third-order valence-corrected chi connectivity index (χ3v) is 7.64. The molecule has 0 saturated carbocycles. The molecule has 2 aromatic rings. The van der Waals surface area contributed by atoms with E-state index in [0.717, 1.165) is 5.56 Å². The maximum absolute atomic E-state index is 13.5. The number of halogens is 2. The maximum atomic E-state index is 13.5. The van der Waals surface area contributed by atoms with Gasteiger partial charge >= 0.3 is 0 Å². The Kier molecular flexibility index (Phi) is 8.57. The van der Waals surface area contributed by atoms with E-state index in [1.165, 1.54) is 21.3 Å². The Morgan fingerprint density at radius 2 is 1.74 bits per heavy atom. The highest BCUT2D eigenvalue weighted by molar-refractivity contribution is 7.85. The molecular weight excluding hydrogens is 505 g/mol. The molecule has 2 atom stereocenters. The molecule has 186 valence electrons. The smallest absolute Gasteiger partial charge is 0.264 e. The molecule has 0 aromatic heterocycles. The number of likely N-dealkylation sites (tertiary alicyclic amines) is 1. The van der Waals surface area contributed by atoms with E-state index in [4.69, 9.17) is 42.0 Å². The molecule has 1 fully saturated rings. The van der Waals surface area contributed by atoms with Gasteiger partial charge in [-0.3, -0.25) is 9.35 Å². The second-order valence-electron chi connectivity index (χ2n) is 8.06. The summed E-state index contributed by atoms with van der Waals surface area (Å²) in [5.74, 6) is 0.295. The Balaban J connectivity index is 1.92. The van der Waals surface area contributed by atoms with Crippen LogP contribution in [-0.2, 0) is 10.1 Å². The van der Waals surface area contributed by atoms with Gasteiger partial charge in [0.1, 0.15) is 0 Å². The number of carbonyl (C=O) groups excluding carboxylic acids is 1. The number of methoxy groups -OCH3 is 3. The van der Waals surface area contributed by atoms with E-state index in [1.807, 2.05) is 6.07 Å². The predicted molar refractivity (Wildman–Crippen MR) is 130 cm³/mol. The second-order valence-corrected chi connectivity index (χ2v) is 10.4. The van der Waals surface area contributed by atoms with Gasteiger partial charge in [0.2, 0.25) is 5.75 Å². The molecule has 1 saturated heterocycles. The van der Waals surface area contributed by atoms with Crippen LogP contribution in [0.15, 0.2) is 30.3 Å². The van der Waals surface area contributed by atoms with E-state index in [0.29, 0.717) is 52.4 Å². The second kappa shape index (κ2) is 11.0. The summed E-state index contributed by atoms with van der Waals surface area (Å²) in [7, 11) is 0.362. The van der Waals surface area contributed by atoms with Crippen molar-refractivity contribution in [2.75, 3.05) is 40.2 Å². The van der Waals surface area contributed by atoms with Crippen LogP contribution < -0.4 is 14.2 Å². The molecule has 3 rings (SSSR count). The molecule has 0 aliphatic carbocycles. The molecule has 1 N–H and O–H groups in total. The molecule has 0 spiro atoms. The minimum absolute atomic E-state index is 0.0799. The SMILES string of the molecule is COc1cc(C(=O)N2CC(CCCS(=O)(=O)O)C(c3cccc(Cl)c3Cl)C2)cc(OC)c1OC. The van der Waals surface area contributed by atoms with Crippen molar-refractivity contribution in [3.05, 3.63) is 51.5 Å². The van der Waals surface area contributed by atoms with Gasteiger partial charge < -0.3 is 19.1 Å². The zero-order valence-corrected chi connectivity index (χ0v) is 21.4. The number of benzene rings is 2. The number of hydrogen-bond donors (Lipinski definition) is 1. The lowest BCUT2D eigenvalue weighted by Crippen LogP contribution is -2.29. The van der Waals surface area contributed by atoms with E-state index < -0.39 is 10.1 Å². The summed E-state index contributed by atoms with van der Waals surface area (Å²) in [6.07, 6.45) is 0.733. The number of rotatable bonds is 9. The van der Waals surface area contributed by atoms with E-state index in [2.05, 4.69) is 0 Å². The summed E-state index contributed by atoms with van der Waals surface area (Å²) in [5, 5.41) is 0.821. The van der Waals surface area contributed by atoms with Crippen LogP contribution >= 0.6 is 23.2 Å². The van der Waals surface area contributed by atoms with Crippen LogP contribution in [0.2, 0.25) is 10.0 Å². The summed E-state index contributed by atoms with van der Waals surface area (Å²) in [4.78, 5) is 15.2. The molecule has 0 radical (unpaired) electrons. The quantitative estimate of drug-likeness (QED) is 0.473. The lowest BCUT2D eigenvalue weighted by Gasteiger charge is -2.20. The van der Waals surface area contributed by atoms with Crippen LogP contribution in [0.3, 0.4) is 0 Å². The molecule has 1 heterocycles. The standard InChI is InChI=1S/C23H27Cl2NO7S/c1-31-19-10-15(11-20(32-2)22(19)33-3)23(27)26-12-14(6-5-9-34(28,29)30)17(13-26)16-7-4-8-18(24)21(16)25/h4,7-8,10-11,14,17H,5-6,9,12-13H2,1-3H3,(H,28,29,30). The van der Waals surface area contributed by atoms with Crippen LogP contribution in [0.4, 0.5) is 0 Å². The first kappa shape index (κ1) is 26.4. The molecule has 11 heteroatoms. The van der Waals surface area contributed by atoms with Gasteiger partial charge in [0.25, 0.3) is 16.0 Å². The summed E-state index contributed by atoms with van der Waals surface area (Å²) in [5.41, 5.74) is 1.16. The first-order valence-electron chi connectivity index (χ1n) is 10.6. The van der Waals surface area contributed by atoms with Crippen LogP contribution in [0, 0.1) is 5.92 Å². The number of hydrogen-bond acceptors (Lipinski definition) is 6. The normalized spacial score (nSPS) is 18.1.